The van der Waals surface area contributed by atoms with Gasteiger partial charge in [0.1, 0.15) is 12.2 Å². The lowest BCUT2D eigenvalue weighted by molar-refractivity contribution is -0.145. The number of hydrogen-bond donors (Lipinski definition) is 1. The molecule has 212 valence electrons. The van der Waals surface area contributed by atoms with E-state index in [1.165, 1.54) is 25.7 Å². The summed E-state index contributed by atoms with van der Waals surface area (Å²) in [5, 5.41) is 2.76. The van der Waals surface area contributed by atoms with E-state index in [9.17, 15) is 9.59 Å². The van der Waals surface area contributed by atoms with Gasteiger partial charge in [0.05, 0.1) is 0 Å². The minimum Gasteiger partial charge on any atom is -0.461 e. The molecular formula is C30H51NO6. The highest BCUT2D eigenvalue weighted by molar-refractivity contribution is 5.69. The Balaban J connectivity index is 1.72. The molecule has 0 aromatic heterocycles. The summed E-state index contributed by atoms with van der Waals surface area (Å²) in [6.07, 6.45) is 11.9. The average Bonchev–Trinajstić information content (AvgIpc) is 2.86. The van der Waals surface area contributed by atoms with Crippen LogP contribution in [0.4, 0.5) is 4.79 Å². The van der Waals surface area contributed by atoms with Crippen LogP contribution in [-0.2, 0) is 30.3 Å². The molecular weight excluding hydrogens is 470 g/mol. The second kappa shape index (κ2) is 21.9. The van der Waals surface area contributed by atoms with Gasteiger partial charge in [0.15, 0.2) is 0 Å². The predicted molar refractivity (Wildman–Crippen MR) is 148 cm³/mol. The van der Waals surface area contributed by atoms with Gasteiger partial charge in [-0.25, -0.2) is 4.79 Å². The second-order valence-electron chi connectivity index (χ2n) is 10.4. The number of nitrogens with one attached hydrogen (secondary N) is 1. The van der Waals surface area contributed by atoms with Crippen LogP contribution in [0.3, 0.4) is 0 Å². The van der Waals surface area contributed by atoms with Gasteiger partial charge >= 0.3 is 12.1 Å². The van der Waals surface area contributed by atoms with Gasteiger partial charge in [-0.05, 0) is 64.9 Å². The van der Waals surface area contributed by atoms with Gasteiger partial charge in [-0.1, -0.05) is 62.4 Å². The first kappa shape index (κ1) is 32.9. The molecule has 0 atom stereocenters. The summed E-state index contributed by atoms with van der Waals surface area (Å²) in [5.41, 5.74) is 0.568. The predicted octanol–water partition coefficient (Wildman–Crippen LogP) is 6.97. The molecule has 0 spiro atoms. The highest BCUT2D eigenvalue weighted by atomic mass is 16.6. The van der Waals surface area contributed by atoms with E-state index < -0.39 is 5.60 Å². The van der Waals surface area contributed by atoms with Crippen LogP contribution in [-0.4, -0.2) is 50.6 Å². The average molecular weight is 522 g/mol. The minimum atomic E-state index is -0.453. The molecule has 1 N–H and O–H groups in total. The van der Waals surface area contributed by atoms with Crippen LogP contribution in [0, 0.1) is 0 Å². The smallest absolute Gasteiger partial charge is 0.407 e. The zero-order chi connectivity index (χ0) is 27.0. The van der Waals surface area contributed by atoms with Gasteiger partial charge in [-0.15, -0.1) is 0 Å². The van der Waals surface area contributed by atoms with Crippen molar-refractivity contribution < 1.29 is 28.5 Å². The lowest BCUT2D eigenvalue weighted by Crippen LogP contribution is -2.33. The van der Waals surface area contributed by atoms with E-state index in [0.717, 1.165) is 76.9 Å². The van der Waals surface area contributed by atoms with Crippen LogP contribution in [0.5, 0.6) is 0 Å². The molecule has 0 aliphatic rings. The van der Waals surface area contributed by atoms with Gasteiger partial charge in [-0.3, -0.25) is 4.79 Å². The van der Waals surface area contributed by atoms with Crippen molar-refractivity contribution in [2.45, 2.75) is 110 Å². The molecule has 1 aromatic carbocycles. The number of esters is 1. The molecule has 0 fully saturated rings. The van der Waals surface area contributed by atoms with Crippen LogP contribution < -0.4 is 5.32 Å². The number of benzene rings is 1. The zero-order valence-electron chi connectivity index (χ0n) is 23.6. The number of rotatable bonds is 22. The molecule has 1 aromatic rings. The summed E-state index contributed by atoms with van der Waals surface area (Å²) in [5.74, 6) is -0.124. The van der Waals surface area contributed by atoms with E-state index in [-0.39, 0.29) is 12.1 Å². The van der Waals surface area contributed by atoms with Crippen LogP contribution in [0.2, 0.25) is 0 Å². The van der Waals surface area contributed by atoms with Crippen LogP contribution in [0.15, 0.2) is 30.3 Å². The first-order valence-electron chi connectivity index (χ1n) is 14.2. The molecule has 0 aliphatic carbocycles. The first-order valence-corrected chi connectivity index (χ1v) is 14.2. The second-order valence-corrected chi connectivity index (χ2v) is 10.4. The Morgan fingerprint density at radius 2 is 1.22 bits per heavy atom. The third kappa shape index (κ3) is 22.8. The Morgan fingerprint density at radius 3 is 1.78 bits per heavy atom. The molecule has 7 heteroatoms. The van der Waals surface area contributed by atoms with E-state index in [0.29, 0.717) is 19.6 Å². The van der Waals surface area contributed by atoms with Gasteiger partial charge in [-0.2, -0.15) is 0 Å². The van der Waals surface area contributed by atoms with Crippen LogP contribution in [0.1, 0.15) is 103 Å². The quantitative estimate of drug-likeness (QED) is 0.131. The van der Waals surface area contributed by atoms with Crippen molar-refractivity contribution in [3.05, 3.63) is 35.9 Å². The fraction of sp³-hybridized carbons (Fsp3) is 0.733. The molecule has 1 amide bonds. The molecule has 0 aliphatic heterocycles. The number of carbonyl (C=O) groups is 2. The standard InChI is InChI=1S/C30H51NO6/c1-30(2,3)37-29(33)31-21-13-17-25-35-23-15-7-5-4-6-14-22-34-24-16-9-12-20-28(32)36-26-27-18-10-8-11-19-27/h8,10-11,18-19H,4-7,9,12-17,20-26H2,1-3H3,(H,31,33). The van der Waals surface area contributed by atoms with E-state index >= 15 is 0 Å². The van der Waals surface area contributed by atoms with Crippen molar-refractivity contribution >= 4 is 12.1 Å². The molecule has 0 unspecified atom stereocenters. The Labute approximate surface area is 225 Å². The number of hydrogen-bond acceptors (Lipinski definition) is 6. The molecule has 0 heterocycles. The summed E-state index contributed by atoms with van der Waals surface area (Å²) in [7, 11) is 0. The molecule has 0 saturated carbocycles. The summed E-state index contributed by atoms with van der Waals surface area (Å²) >= 11 is 0. The molecule has 7 nitrogen and oxygen atoms in total. The monoisotopic (exact) mass is 521 g/mol. The van der Waals surface area contributed by atoms with Crippen molar-refractivity contribution in [2.24, 2.45) is 0 Å². The fourth-order valence-corrected chi connectivity index (χ4v) is 3.61. The maximum absolute atomic E-state index is 11.8. The maximum atomic E-state index is 11.8. The highest BCUT2D eigenvalue weighted by Crippen LogP contribution is 2.08. The van der Waals surface area contributed by atoms with Gasteiger partial charge in [0, 0.05) is 39.4 Å². The summed E-state index contributed by atoms with van der Waals surface area (Å²) in [6, 6.07) is 9.77. The lowest BCUT2D eigenvalue weighted by Gasteiger charge is -2.19. The van der Waals surface area contributed by atoms with Gasteiger partial charge in [0.25, 0.3) is 0 Å². The van der Waals surface area contributed by atoms with Crippen molar-refractivity contribution in [3.8, 4) is 0 Å². The Kier molecular flexibility index (Phi) is 19.5. The van der Waals surface area contributed by atoms with Gasteiger partial charge < -0.3 is 24.3 Å². The minimum absolute atomic E-state index is 0.124. The van der Waals surface area contributed by atoms with E-state index in [4.69, 9.17) is 18.9 Å². The zero-order valence-corrected chi connectivity index (χ0v) is 23.6. The molecule has 37 heavy (non-hydrogen) atoms. The number of amides is 1. The van der Waals surface area contributed by atoms with Crippen LogP contribution in [0.25, 0.3) is 0 Å². The number of unbranched alkanes of at least 4 members (excludes halogenated alkanes) is 8. The Bertz CT molecular complexity index is 689. The third-order valence-electron chi connectivity index (χ3n) is 5.62. The van der Waals surface area contributed by atoms with E-state index in [1.54, 1.807) is 0 Å². The normalized spacial score (nSPS) is 11.3. The van der Waals surface area contributed by atoms with Gasteiger partial charge in [0.2, 0.25) is 0 Å². The first-order chi connectivity index (χ1) is 17.9. The topological polar surface area (TPSA) is 83.1 Å². The van der Waals surface area contributed by atoms with Crippen molar-refractivity contribution in [3.63, 3.8) is 0 Å². The van der Waals surface area contributed by atoms with E-state index in [2.05, 4.69) is 5.32 Å². The maximum Gasteiger partial charge on any atom is 0.407 e. The highest BCUT2D eigenvalue weighted by Gasteiger charge is 2.15. The van der Waals surface area contributed by atoms with Crippen molar-refractivity contribution in [1.29, 1.82) is 0 Å². The number of ether oxygens (including phenoxy) is 4. The Morgan fingerprint density at radius 1 is 0.703 bits per heavy atom. The lowest BCUT2D eigenvalue weighted by atomic mass is 10.1. The largest absolute Gasteiger partial charge is 0.461 e. The SMILES string of the molecule is CC(C)(C)OC(=O)NCCCCOCCCCCCCCOCCCCCC(=O)OCc1ccccc1. The molecule has 0 radical (unpaired) electrons. The number of alkyl carbamates (subject to hydrolysis) is 1. The fourth-order valence-electron chi connectivity index (χ4n) is 3.61. The van der Waals surface area contributed by atoms with E-state index in [1.807, 2.05) is 51.1 Å². The van der Waals surface area contributed by atoms with Crippen molar-refractivity contribution in [1.82, 2.24) is 5.32 Å². The third-order valence-corrected chi connectivity index (χ3v) is 5.62. The summed E-state index contributed by atoms with van der Waals surface area (Å²) < 4.78 is 21.9. The Hall–Kier alpha value is -2.12. The summed E-state index contributed by atoms with van der Waals surface area (Å²) in [4.78, 5) is 23.3. The molecule has 1 rings (SSSR count). The molecule has 0 bridgehead atoms. The van der Waals surface area contributed by atoms with Crippen LogP contribution >= 0.6 is 0 Å². The molecule has 0 saturated heterocycles. The van der Waals surface area contributed by atoms with Crippen molar-refractivity contribution in [2.75, 3.05) is 33.0 Å². The summed E-state index contributed by atoms with van der Waals surface area (Å²) in [6.45, 7) is 9.70. The number of carbonyl (C=O) groups excluding carboxylic acids is 2.